The summed E-state index contributed by atoms with van der Waals surface area (Å²) in [5.41, 5.74) is -0.543. The Hall–Kier alpha value is -4.71. The molecule has 0 spiro atoms. The maximum atomic E-state index is 13.8. The molecular weight excluding hydrogens is 444 g/mol. The van der Waals surface area contributed by atoms with Gasteiger partial charge in [0.2, 0.25) is 0 Å². The summed E-state index contributed by atoms with van der Waals surface area (Å²) in [7, 11) is 0. The van der Waals surface area contributed by atoms with Crippen LogP contribution in [0.4, 0.5) is 0 Å². The van der Waals surface area contributed by atoms with Gasteiger partial charge in [-0.25, -0.2) is 0 Å². The van der Waals surface area contributed by atoms with Gasteiger partial charge < -0.3 is 14.9 Å². The maximum Gasteiger partial charge on any atom is 0.326 e. The summed E-state index contributed by atoms with van der Waals surface area (Å²) in [6.07, 6.45) is 0. The van der Waals surface area contributed by atoms with E-state index < -0.39 is 17.2 Å². The minimum Gasteiger partial charge on any atom is -0.508 e. The quantitative estimate of drug-likeness (QED) is 0.293. The van der Waals surface area contributed by atoms with E-state index in [-0.39, 0.29) is 50.8 Å². The highest BCUT2D eigenvalue weighted by molar-refractivity contribution is 6.29. The number of fused-ring (bicyclic) bond motifs is 2. The van der Waals surface area contributed by atoms with Crippen molar-refractivity contribution >= 4 is 17.5 Å². The van der Waals surface area contributed by atoms with Crippen molar-refractivity contribution in [1.82, 2.24) is 0 Å². The van der Waals surface area contributed by atoms with Crippen LogP contribution in [0.1, 0.15) is 49.9 Å². The van der Waals surface area contributed by atoms with Gasteiger partial charge in [-0.2, -0.15) is 0 Å². The molecule has 6 nitrogen and oxygen atoms in total. The van der Waals surface area contributed by atoms with Crippen molar-refractivity contribution in [2.45, 2.75) is 12.3 Å². The molecule has 0 radical (unpaired) electrons. The highest BCUT2D eigenvalue weighted by Gasteiger charge is 2.44. The van der Waals surface area contributed by atoms with E-state index >= 15 is 0 Å². The van der Waals surface area contributed by atoms with Crippen molar-refractivity contribution in [2.24, 2.45) is 0 Å². The number of carbonyl (C=O) groups excluding carboxylic acids is 3. The van der Waals surface area contributed by atoms with E-state index in [0.717, 1.165) is 0 Å². The van der Waals surface area contributed by atoms with Gasteiger partial charge in [-0.15, -0.1) is 0 Å². The third-order valence-corrected chi connectivity index (χ3v) is 6.41. The molecule has 0 bridgehead atoms. The summed E-state index contributed by atoms with van der Waals surface area (Å²) >= 11 is 0. The van der Waals surface area contributed by atoms with Gasteiger partial charge in [0.25, 0.3) is 0 Å². The Labute approximate surface area is 201 Å². The number of phenolic OH excluding ortho intramolecular Hbond substituents is 2. The van der Waals surface area contributed by atoms with Gasteiger partial charge in [0.15, 0.2) is 11.6 Å². The molecule has 0 saturated carbocycles. The van der Waals surface area contributed by atoms with Crippen molar-refractivity contribution in [3.63, 3.8) is 0 Å². The summed E-state index contributed by atoms with van der Waals surface area (Å²) in [6.45, 7) is 1.52. The molecular formula is C29H20O6. The number of esters is 1. The number of hydrogen-bond acceptors (Lipinski definition) is 6. The normalized spacial score (nSPS) is 12.6. The van der Waals surface area contributed by atoms with Crippen molar-refractivity contribution in [3.05, 3.63) is 124 Å². The Morgan fingerprint density at radius 2 is 1.14 bits per heavy atom. The van der Waals surface area contributed by atoms with Crippen LogP contribution in [-0.4, -0.2) is 27.7 Å². The fraction of sp³-hybridized carbons (Fsp3) is 0.0690. The van der Waals surface area contributed by atoms with E-state index in [0.29, 0.717) is 5.56 Å². The maximum absolute atomic E-state index is 13.8. The van der Waals surface area contributed by atoms with Gasteiger partial charge in [0.1, 0.15) is 22.7 Å². The molecule has 1 aliphatic rings. The van der Waals surface area contributed by atoms with E-state index in [1.54, 1.807) is 60.7 Å². The molecule has 0 saturated heterocycles. The lowest BCUT2D eigenvalue weighted by molar-refractivity contribution is -0.138. The Morgan fingerprint density at radius 1 is 0.657 bits per heavy atom. The molecule has 0 aliphatic heterocycles. The summed E-state index contributed by atoms with van der Waals surface area (Å²) < 4.78 is 5.80. The van der Waals surface area contributed by atoms with E-state index in [1.165, 1.54) is 37.3 Å². The number of rotatable bonds is 4. The first-order valence-electron chi connectivity index (χ1n) is 10.9. The fourth-order valence-corrected chi connectivity index (χ4v) is 4.56. The molecule has 172 valence electrons. The van der Waals surface area contributed by atoms with E-state index in [9.17, 15) is 24.6 Å². The monoisotopic (exact) mass is 464 g/mol. The minimum absolute atomic E-state index is 0.00136. The van der Waals surface area contributed by atoms with Crippen LogP contribution in [0, 0.1) is 0 Å². The number of aromatic hydroxyl groups is 2. The largest absolute Gasteiger partial charge is 0.508 e. The minimum atomic E-state index is -1.64. The van der Waals surface area contributed by atoms with Crippen LogP contribution in [0.25, 0.3) is 0 Å². The molecule has 5 rings (SSSR count). The second-order valence-corrected chi connectivity index (χ2v) is 8.43. The lowest BCUT2D eigenvalue weighted by Crippen LogP contribution is -2.38. The van der Waals surface area contributed by atoms with E-state index in [4.69, 9.17) is 4.74 Å². The molecule has 1 aliphatic carbocycles. The highest BCUT2D eigenvalue weighted by atomic mass is 16.5. The predicted molar refractivity (Wildman–Crippen MR) is 128 cm³/mol. The van der Waals surface area contributed by atoms with Gasteiger partial charge in [0, 0.05) is 27.8 Å². The zero-order valence-electron chi connectivity index (χ0n) is 18.7. The second-order valence-electron chi connectivity index (χ2n) is 8.43. The number of ether oxygens (including phenoxy) is 1. The number of para-hydroxylation sites is 2. The lowest BCUT2D eigenvalue weighted by atomic mass is 9.75. The van der Waals surface area contributed by atoms with Crippen molar-refractivity contribution in [2.75, 3.05) is 0 Å². The topological polar surface area (TPSA) is 101 Å². The van der Waals surface area contributed by atoms with Crippen LogP contribution >= 0.6 is 0 Å². The third kappa shape index (κ3) is 3.38. The molecule has 6 heteroatoms. The number of hydrogen-bond donors (Lipinski definition) is 2. The molecule has 0 atom stereocenters. The van der Waals surface area contributed by atoms with Crippen molar-refractivity contribution in [3.8, 4) is 17.2 Å². The third-order valence-electron chi connectivity index (χ3n) is 6.41. The second kappa shape index (κ2) is 8.25. The molecule has 4 aromatic carbocycles. The average molecular weight is 464 g/mol. The van der Waals surface area contributed by atoms with Gasteiger partial charge in [-0.3, -0.25) is 14.4 Å². The van der Waals surface area contributed by atoms with Crippen LogP contribution in [0.15, 0.2) is 91.0 Å². The zero-order chi connectivity index (χ0) is 24.7. The Kier molecular flexibility index (Phi) is 5.21. The molecule has 0 aromatic heterocycles. The number of benzene rings is 4. The standard InChI is InChI=1S/C29H20O6/c1-29(20-12-4-6-14-22(20)30,21-13-5-7-15-23(21)31)28(34)35-24-16-8-11-19-25(24)27(33)18-10-3-2-9-17(18)26(19)32/h2-16,30-31H,1H3. The van der Waals surface area contributed by atoms with Crippen LogP contribution in [-0.2, 0) is 10.2 Å². The number of carbonyl (C=O) groups is 3. The van der Waals surface area contributed by atoms with Crippen molar-refractivity contribution < 1.29 is 29.3 Å². The molecule has 0 fully saturated rings. The molecule has 4 aromatic rings. The van der Waals surface area contributed by atoms with Gasteiger partial charge in [-0.05, 0) is 25.1 Å². The molecule has 0 amide bonds. The van der Waals surface area contributed by atoms with Crippen LogP contribution in [0.3, 0.4) is 0 Å². The fourth-order valence-electron chi connectivity index (χ4n) is 4.56. The van der Waals surface area contributed by atoms with Gasteiger partial charge in [-0.1, -0.05) is 72.8 Å². The molecule has 0 heterocycles. The Bertz CT molecular complexity index is 1470. The first kappa shape index (κ1) is 22.1. The molecule has 35 heavy (non-hydrogen) atoms. The summed E-state index contributed by atoms with van der Waals surface area (Å²) in [4.78, 5) is 40.2. The van der Waals surface area contributed by atoms with E-state index in [1.807, 2.05) is 0 Å². The Balaban J connectivity index is 1.65. The lowest BCUT2D eigenvalue weighted by Gasteiger charge is -2.30. The summed E-state index contributed by atoms with van der Waals surface area (Å²) in [5, 5.41) is 21.2. The first-order valence-corrected chi connectivity index (χ1v) is 10.9. The average Bonchev–Trinajstić information content (AvgIpc) is 2.87. The van der Waals surface area contributed by atoms with E-state index in [2.05, 4.69) is 0 Å². The summed E-state index contributed by atoms with van der Waals surface area (Å²) in [6, 6.07) is 23.6. The van der Waals surface area contributed by atoms with Crippen LogP contribution in [0.2, 0.25) is 0 Å². The van der Waals surface area contributed by atoms with Crippen LogP contribution < -0.4 is 4.74 Å². The van der Waals surface area contributed by atoms with Crippen LogP contribution in [0.5, 0.6) is 17.2 Å². The zero-order valence-corrected chi connectivity index (χ0v) is 18.7. The Morgan fingerprint density at radius 3 is 1.71 bits per heavy atom. The van der Waals surface area contributed by atoms with Crippen molar-refractivity contribution in [1.29, 1.82) is 0 Å². The smallest absolute Gasteiger partial charge is 0.326 e. The van der Waals surface area contributed by atoms with Gasteiger partial charge in [0.05, 0.1) is 5.56 Å². The molecule has 0 unspecified atom stereocenters. The number of phenols is 2. The SMILES string of the molecule is CC(C(=O)Oc1cccc2c1C(=O)c1ccccc1C2=O)(c1ccccc1O)c1ccccc1O. The summed E-state index contributed by atoms with van der Waals surface area (Å²) in [5.74, 6) is -2.00. The molecule has 2 N–H and O–H groups in total. The van der Waals surface area contributed by atoms with Gasteiger partial charge >= 0.3 is 5.97 Å². The highest BCUT2D eigenvalue weighted by Crippen LogP contribution is 2.43. The predicted octanol–water partition coefficient (Wildman–Crippen LogP) is 4.78. The number of ketones is 2. The first-order chi connectivity index (χ1) is 16.8.